The van der Waals surface area contributed by atoms with Crippen molar-refractivity contribution in [3.05, 3.63) is 88.0 Å². The number of nitrogens with one attached hydrogen (secondary N) is 1. The average Bonchev–Trinajstić information content (AvgIpc) is 2.80. The van der Waals surface area contributed by atoms with Crippen LogP contribution < -0.4 is 14.4 Å². The highest BCUT2D eigenvalue weighted by atomic mass is 32.2. The quantitative estimate of drug-likeness (QED) is 0.355. The molecule has 0 aliphatic heterocycles. The highest BCUT2D eigenvalue weighted by molar-refractivity contribution is 7.92. The number of nitro groups is 1. The van der Waals surface area contributed by atoms with Gasteiger partial charge in [-0.05, 0) is 62.7 Å². The van der Waals surface area contributed by atoms with Gasteiger partial charge in [0.05, 0.1) is 21.2 Å². The van der Waals surface area contributed by atoms with E-state index in [9.17, 15) is 23.3 Å². The first-order chi connectivity index (χ1) is 16.1. The molecule has 0 radical (unpaired) electrons. The Morgan fingerprint density at radius 2 is 1.68 bits per heavy atom. The molecule has 0 fully saturated rings. The van der Waals surface area contributed by atoms with Crippen molar-refractivity contribution in [3.8, 4) is 5.75 Å². The van der Waals surface area contributed by atoms with E-state index in [0.717, 1.165) is 5.56 Å². The van der Waals surface area contributed by atoms with Crippen LogP contribution in [0.1, 0.15) is 18.1 Å². The molecular formula is C24H25N3O6S. The van der Waals surface area contributed by atoms with Gasteiger partial charge in [-0.15, -0.1) is 0 Å². The number of anilines is 2. The van der Waals surface area contributed by atoms with Gasteiger partial charge in [0.1, 0.15) is 5.75 Å². The second-order valence-corrected chi connectivity index (χ2v) is 9.43. The number of nitro benzene ring substituents is 1. The highest BCUT2D eigenvalue weighted by Gasteiger charge is 2.23. The summed E-state index contributed by atoms with van der Waals surface area (Å²) >= 11 is 0. The van der Waals surface area contributed by atoms with Crippen molar-refractivity contribution in [1.29, 1.82) is 0 Å². The molecule has 9 nitrogen and oxygen atoms in total. The molecule has 0 spiro atoms. The first-order valence-corrected chi connectivity index (χ1v) is 11.9. The minimum absolute atomic E-state index is 0.126. The SMILES string of the molecule is CCN(c1ccc(OCC(=O)Nc2cc([N+](=O)[O-])ccc2C)cc1)S(=O)(=O)c1ccc(C)cc1. The lowest BCUT2D eigenvalue weighted by molar-refractivity contribution is -0.384. The smallest absolute Gasteiger partial charge is 0.271 e. The van der Waals surface area contributed by atoms with Crippen LogP contribution in [-0.2, 0) is 14.8 Å². The summed E-state index contributed by atoms with van der Waals surface area (Å²) in [6.45, 7) is 5.28. The number of carbonyl (C=O) groups is 1. The number of benzene rings is 3. The van der Waals surface area contributed by atoms with Gasteiger partial charge in [0.2, 0.25) is 0 Å². The molecule has 0 atom stereocenters. The number of hydrogen-bond acceptors (Lipinski definition) is 6. The molecule has 178 valence electrons. The summed E-state index contributed by atoms with van der Waals surface area (Å²) in [5.41, 5.74) is 2.31. The lowest BCUT2D eigenvalue weighted by atomic mass is 10.2. The fourth-order valence-corrected chi connectivity index (χ4v) is 4.70. The molecule has 0 aliphatic rings. The van der Waals surface area contributed by atoms with Crippen LogP contribution in [0, 0.1) is 24.0 Å². The van der Waals surface area contributed by atoms with Crippen LogP contribution in [0.3, 0.4) is 0 Å². The summed E-state index contributed by atoms with van der Waals surface area (Å²) in [7, 11) is -3.73. The van der Waals surface area contributed by atoms with E-state index in [2.05, 4.69) is 5.32 Å². The normalized spacial score (nSPS) is 11.0. The van der Waals surface area contributed by atoms with Gasteiger partial charge in [0.15, 0.2) is 6.61 Å². The maximum absolute atomic E-state index is 13.0. The van der Waals surface area contributed by atoms with Gasteiger partial charge in [0, 0.05) is 18.7 Å². The second-order valence-electron chi connectivity index (χ2n) is 7.57. The third kappa shape index (κ3) is 5.70. The van der Waals surface area contributed by atoms with Gasteiger partial charge in [0.25, 0.3) is 21.6 Å². The van der Waals surface area contributed by atoms with Crippen LogP contribution in [-0.4, -0.2) is 32.4 Å². The Kier molecular flexibility index (Phi) is 7.52. The lowest BCUT2D eigenvalue weighted by Crippen LogP contribution is -2.30. The number of rotatable bonds is 9. The van der Waals surface area contributed by atoms with Crippen LogP contribution in [0.2, 0.25) is 0 Å². The van der Waals surface area contributed by atoms with Gasteiger partial charge in [-0.2, -0.15) is 0 Å². The molecule has 0 aliphatic carbocycles. The molecule has 1 N–H and O–H groups in total. The van der Waals surface area contributed by atoms with Gasteiger partial charge in [-0.3, -0.25) is 19.2 Å². The molecular weight excluding hydrogens is 458 g/mol. The third-order valence-corrected chi connectivity index (χ3v) is 7.01. The number of carbonyl (C=O) groups excluding carboxylic acids is 1. The van der Waals surface area contributed by atoms with Crippen LogP contribution >= 0.6 is 0 Å². The predicted octanol–water partition coefficient (Wildman–Crippen LogP) is 4.44. The minimum atomic E-state index is -3.73. The van der Waals surface area contributed by atoms with Crippen molar-refractivity contribution >= 4 is 33.0 Å². The minimum Gasteiger partial charge on any atom is -0.484 e. The number of sulfonamides is 1. The van der Waals surface area contributed by atoms with Gasteiger partial charge in [-0.1, -0.05) is 23.8 Å². The van der Waals surface area contributed by atoms with E-state index in [4.69, 9.17) is 4.74 Å². The highest BCUT2D eigenvalue weighted by Crippen LogP contribution is 2.26. The van der Waals surface area contributed by atoms with E-state index in [1.807, 2.05) is 6.92 Å². The van der Waals surface area contributed by atoms with Gasteiger partial charge in [-0.25, -0.2) is 8.42 Å². The number of nitrogens with zero attached hydrogens (tertiary/aromatic N) is 2. The van der Waals surface area contributed by atoms with Crippen molar-refractivity contribution in [3.63, 3.8) is 0 Å². The van der Waals surface area contributed by atoms with E-state index < -0.39 is 20.9 Å². The van der Waals surface area contributed by atoms with E-state index in [1.54, 1.807) is 68.4 Å². The molecule has 3 aromatic rings. The molecule has 3 rings (SSSR count). The van der Waals surface area contributed by atoms with E-state index in [-0.39, 0.29) is 23.7 Å². The van der Waals surface area contributed by atoms with Crippen LogP contribution in [0.15, 0.2) is 71.6 Å². The lowest BCUT2D eigenvalue weighted by Gasteiger charge is -2.23. The summed E-state index contributed by atoms with van der Waals surface area (Å²) in [5.74, 6) is -0.108. The van der Waals surface area contributed by atoms with Crippen LogP contribution in [0.5, 0.6) is 5.75 Å². The van der Waals surface area contributed by atoms with E-state index >= 15 is 0 Å². The number of non-ortho nitro benzene ring substituents is 1. The Balaban J connectivity index is 1.66. The largest absolute Gasteiger partial charge is 0.484 e. The Bertz CT molecular complexity index is 1290. The van der Waals surface area contributed by atoms with Crippen molar-refractivity contribution in [2.45, 2.75) is 25.7 Å². The van der Waals surface area contributed by atoms with Gasteiger partial charge < -0.3 is 10.1 Å². The third-order valence-electron chi connectivity index (χ3n) is 5.10. The monoisotopic (exact) mass is 483 g/mol. The Hall–Kier alpha value is -3.92. The van der Waals surface area contributed by atoms with E-state index in [0.29, 0.717) is 22.7 Å². The molecule has 34 heavy (non-hydrogen) atoms. The zero-order chi connectivity index (χ0) is 24.9. The first-order valence-electron chi connectivity index (χ1n) is 10.5. The zero-order valence-electron chi connectivity index (χ0n) is 19.0. The number of aryl methyl sites for hydroxylation is 2. The predicted molar refractivity (Wildman–Crippen MR) is 130 cm³/mol. The molecule has 0 saturated carbocycles. The zero-order valence-corrected chi connectivity index (χ0v) is 19.8. The molecule has 0 aromatic heterocycles. The summed E-state index contributed by atoms with van der Waals surface area (Å²) < 4.78 is 32.9. The number of ether oxygens (including phenoxy) is 1. The maximum Gasteiger partial charge on any atom is 0.271 e. The van der Waals surface area contributed by atoms with Crippen LogP contribution in [0.4, 0.5) is 17.1 Å². The summed E-state index contributed by atoms with van der Waals surface area (Å²) in [6.07, 6.45) is 0. The molecule has 0 bridgehead atoms. The van der Waals surface area contributed by atoms with Crippen molar-refractivity contribution < 1.29 is 22.9 Å². The fraction of sp³-hybridized carbons (Fsp3) is 0.208. The molecule has 1 amide bonds. The molecule has 3 aromatic carbocycles. The van der Waals surface area contributed by atoms with Crippen molar-refractivity contribution in [2.75, 3.05) is 22.8 Å². The summed E-state index contributed by atoms with van der Waals surface area (Å²) in [5, 5.41) is 13.5. The van der Waals surface area contributed by atoms with Crippen LogP contribution in [0.25, 0.3) is 0 Å². The maximum atomic E-state index is 13.0. The average molecular weight is 484 g/mol. The standard InChI is InChI=1S/C24H25N3O6S/c1-4-26(34(31,32)22-13-5-17(2)6-14-22)19-9-11-21(12-10-19)33-16-24(28)25-23-15-20(27(29)30)8-7-18(23)3/h5-15H,4,16H2,1-3H3,(H,25,28). The fourth-order valence-electron chi connectivity index (χ4n) is 3.23. The summed E-state index contributed by atoms with van der Waals surface area (Å²) in [4.78, 5) is 22.9. The summed E-state index contributed by atoms with van der Waals surface area (Å²) in [6, 6.07) is 17.2. The van der Waals surface area contributed by atoms with Crippen molar-refractivity contribution in [2.24, 2.45) is 0 Å². The Morgan fingerprint density at radius 1 is 1.03 bits per heavy atom. The van der Waals surface area contributed by atoms with Gasteiger partial charge >= 0.3 is 0 Å². The number of hydrogen-bond donors (Lipinski definition) is 1. The Labute approximate surface area is 198 Å². The number of amides is 1. The Morgan fingerprint density at radius 3 is 2.26 bits per heavy atom. The van der Waals surface area contributed by atoms with Crippen molar-refractivity contribution in [1.82, 2.24) is 0 Å². The molecule has 0 heterocycles. The van der Waals surface area contributed by atoms with E-state index in [1.165, 1.54) is 16.4 Å². The molecule has 0 saturated heterocycles. The molecule has 10 heteroatoms. The topological polar surface area (TPSA) is 119 Å². The second kappa shape index (κ2) is 10.3. The first kappa shape index (κ1) is 24.7. The molecule has 0 unspecified atom stereocenters.